The Morgan fingerprint density at radius 2 is 1.66 bits per heavy atom. The lowest BCUT2D eigenvalue weighted by atomic mass is 9.62. The Kier molecular flexibility index (Phi) is 6.41. The molecule has 0 amide bonds. The van der Waals surface area contributed by atoms with Crippen LogP contribution in [0.15, 0.2) is 160 Å². The summed E-state index contributed by atoms with van der Waals surface area (Å²) in [5.41, 5.74) is 15.9. The fourth-order valence-corrected chi connectivity index (χ4v) is 9.77. The van der Waals surface area contributed by atoms with Crippen molar-refractivity contribution in [3.8, 4) is 0 Å². The van der Waals surface area contributed by atoms with Gasteiger partial charge in [0.15, 0.2) is 0 Å². The summed E-state index contributed by atoms with van der Waals surface area (Å²) in [5, 5.41) is 4.01. The van der Waals surface area contributed by atoms with Crippen molar-refractivity contribution >= 4 is 5.69 Å². The topological polar surface area (TPSA) is 15.3 Å². The number of anilines is 1. The molecule has 1 aromatic carbocycles. The molecule has 2 nitrogen and oxygen atoms in total. The number of nitrogens with zero attached hydrogens (tertiary/aromatic N) is 1. The lowest BCUT2D eigenvalue weighted by Crippen LogP contribution is -2.41. The van der Waals surface area contributed by atoms with Crippen molar-refractivity contribution in [1.82, 2.24) is 5.32 Å². The van der Waals surface area contributed by atoms with Crippen LogP contribution >= 0.6 is 0 Å². The molecule has 9 rings (SSSR count). The molecule has 0 saturated carbocycles. The standard InChI is InChI=1S/C42H42N2/c1-4-14-29(15-5-1)43-30-26-27-34-33-20-10-11-22-36(33)42(39(34)28-30)37-23-12-21-35(37)41-38(42)24-13-25-40(41)44(31-16-6-2-7-17-31)32-18-8-3-9-19-32/h1-8,10,12,14,16-18,20,23,26-27,29-30,40,43H,9,11,13,15,19,21-22,24-25,28H2. The van der Waals surface area contributed by atoms with Crippen molar-refractivity contribution in [2.45, 2.75) is 82.3 Å². The molecule has 4 atom stereocenters. The molecule has 4 unspecified atom stereocenters. The summed E-state index contributed by atoms with van der Waals surface area (Å²) in [6.45, 7) is 0. The summed E-state index contributed by atoms with van der Waals surface area (Å²) >= 11 is 0. The lowest BCUT2D eigenvalue weighted by molar-refractivity contribution is 0.468. The van der Waals surface area contributed by atoms with Gasteiger partial charge in [-0.05, 0) is 127 Å². The van der Waals surface area contributed by atoms with Gasteiger partial charge in [0.05, 0.1) is 11.5 Å². The van der Waals surface area contributed by atoms with Crippen molar-refractivity contribution in [2.24, 2.45) is 5.41 Å². The average Bonchev–Trinajstić information content (AvgIpc) is 3.75. The second kappa shape index (κ2) is 10.6. The molecule has 8 aliphatic carbocycles. The first-order valence-corrected chi connectivity index (χ1v) is 17.1. The minimum atomic E-state index is -0.0536. The molecule has 44 heavy (non-hydrogen) atoms. The van der Waals surface area contributed by atoms with E-state index in [0.717, 1.165) is 38.5 Å². The predicted octanol–water partition coefficient (Wildman–Crippen LogP) is 9.59. The summed E-state index contributed by atoms with van der Waals surface area (Å²) in [7, 11) is 0. The summed E-state index contributed by atoms with van der Waals surface area (Å²) < 4.78 is 0. The van der Waals surface area contributed by atoms with Gasteiger partial charge in [-0.15, -0.1) is 0 Å². The highest BCUT2D eigenvalue weighted by molar-refractivity contribution is 5.80. The maximum atomic E-state index is 4.01. The van der Waals surface area contributed by atoms with E-state index in [9.17, 15) is 0 Å². The SMILES string of the molecule is C1=CCCC(N(c2ccccc2)C2CCCC3=C2C2=C(C=CC2)C32C3=C(C=CCC3)C3=C2CC(NC2C=CC=CC2)C=C3)=C1. The van der Waals surface area contributed by atoms with Gasteiger partial charge in [-0.3, -0.25) is 0 Å². The van der Waals surface area contributed by atoms with Crippen LogP contribution in [0.1, 0.15) is 64.2 Å². The van der Waals surface area contributed by atoms with Crippen LogP contribution in [-0.2, 0) is 0 Å². The molecule has 0 aromatic heterocycles. The van der Waals surface area contributed by atoms with Crippen LogP contribution in [0.25, 0.3) is 0 Å². The number of nitrogens with one attached hydrogen (secondary N) is 1. The molecular weight excluding hydrogens is 532 g/mol. The maximum absolute atomic E-state index is 4.01. The van der Waals surface area contributed by atoms with Gasteiger partial charge >= 0.3 is 0 Å². The van der Waals surface area contributed by atoms with Crippen LogP contribution in [0.4, 0.5) is 5.69 Å². The van der Waals surface area contributed by atoms with Crippen molar-refractivity contribution in [2.75, 3.05) is 4.90 Å². The van der Waals surface area contributed by atoms with E-state index in [-0.39, 0.29) is 5.41 Å². The van der Waals surface area contributed by atoms with E-state index in [4.69, 9.17) is 0 Å². The van der Waals surface area contributed by atoms with E-state index in [1.165, 1.54) is 48.2 Å². The zero-order valence-electron chi connectivity index (χ0n) is 25.6. The number of para-hydroxylation sites is 1. The molecular formula is C42H42N2. The molecule has 0 heterocycles. The maximum Gasteiger partial charge on any atom is 0.0609 e. The quantitative estimate of drug-likeness (QED) is 0.377. The minimum absolute atomic E-state index is 0.0536. The lowest BCUT2D eigenvalue weighted by Gasteiger charge is -2.44. The van der Waals surface area contributed by atoms with E-state index in [2.05, 4.69) is 120 Å². The van der Waals surface area contributed by atoms with Gasteiger partial charge in [0.2, 0.25) is 0 Å². The van der Waals surface area contributed by atoms with E-state index < -0.39 is 0 Å². The number of hydrogen-bond acceptors (Lipinski definition) is 2. The number of allylic oxidation sites excluding steroid dienone is 16. The third-order valence-electron chi connectivity index (χ3n) is 11.3. The fraction of sp³-hybridized carbons (Fsp3) is 0.333. The molecule has 8 aliphatic rings. The van der Waals surface area contributed by atoms with Crippen molar-refractivity contribution < 1.29 is 0 Å². The Bertz CT molecular complexity index is 1740. The number of hydrogen-bond donors (Lipinski definition) is 1. The Labute approximate surface area is 262 Å². The Morgan fingerprint density at radius 3 is 2.52 bits per heavy atom. The van der Waals surface area contributed by atoms with Gasteiger partial charge in [0, 0.05) is 23.5 Å². The highest BCUT2D eigenvalue weighted by Gasteiger charge is 2.57. The summed E-state index contributed by atoms with van der Waals surface area (Å²) in [6, 6.07) is 12.4. The number of benzene rings is 1. The number of rotatable bonds is 5. The molecule has 1 spiro atoms. The molecule has 0 aliphatic heterocycles. The van der Waals surface area contributed by atoms with Crippen molar-refractivity contribution in [1.29, 1.82) is 0 Å². The van der Waals surface area contributed by atoms with Crippen LogP contribution in [0.5, 0.6) is 0 Å². The second-order valence-electron chi connectivity index (χ2n) is 13.6. The zero-order chi connectivity index (χ0) is 29.1. The smallest absolute Gasteiger partial charge is 0.0609 e. The highest BCUT2D eigenvalue weighted by Crippen LogP contribution is 2.69. The van der Waals surface area contributed by atoms with Crippen LogP contribution in [0, 0.1) is 5.41 Å². The van der Waals surface area contributed by atoms with Crippen molar-refractivity contribution in [3.63, 3.8) is 0 Å². The first-order valence-electron chi connectivity index (χ1n) is 17.1. The van der Waals surface area contributed by atoms with Crippen LogP contribution in [0.3, 0.4) is 0 Å². The molecule has 1 N–H and O–H groups in total. The molecule has 0 bridgehead atoms. The van der Waals surface area contributed by atoms with E-state index in [1.807, 2.05) is 0 Å². The third-order valence-corrected chi connectivity index (χ3v) is 11.3. The Balaban J connectivity index is 1.21. The molecule has 2 heteroatoms. The second-order valence-corrected chi connectivity index (χ2v) is 13.6. The van der Waals surface area contributed by atoms with Gasteiger partial charge in [-0.1, -0.05) is 91.1 Å². The first kappa shape index (κ1) is 26.5. The van der Waals surface area contributed by atoms with Crippen LogP contribution in [0.2, 0.25) is 0 Å². The monoisotopic (exact) mass is 574 g/mol. The van der Waals surface area contributed by atoms with E-state index in [0.29, 0.717) is 18.1 Å². The molecule has 0 saturated heterocycles. The predicted molar refractivity (Wildman–Crippen MR) is 183 cm³/mol. The molecule has 220 valence electrons. The average molecular weight is 575 g/mol. The molecule has 1 aromatic rings. The van der Waals surface area contributed by atoms with Gasteiger partial charge in [0.1, 0.15) is 0 Å². The minimum Gasteiger partial charge on any atom is -0.338 e. The summed E-state index contributed by atoms with van der Waals surface area (Å²) in [5.74, 6) is 0. The van der Waals surface area contributed by atoms with E-state index in [1.54, 1.807) is 33.4 Å². The fourth-order valence-electron chi connectivity index (χ4n) is 9.77. The van der Waals surface area contributed by atoms with E-state index >= 15 is 0 Å². The Morgan fingerprint density at radius 1 is 0.750 bits per heavy atom. The third kappa shape index (κ3) is 3.90. The molecule has 0 radical (unpaired) electrons. The Hall–Kier alpha value is -3.88. The highest BCUT2D eigenvalue weighted by atomic mass is 15.2. The van der Waals surface area contributed by atoms with Gasteiger partial charge in [0.25, 0.3) is 0 Å². The van der Waals surface area contributed by atoms with Gasteiger partial charge in [-0.2, -0.15) is 0 Å². The van der Waals surface area contributed by atoms with Crippen LogP contribution < -0.4 is 10.2 Å². The zero-order valence-corrected chi connectivity index (χ0v) is 25.6. The largest absolute Gasteiger partial charge is 0.338 e. The first-order chi connectivity index (χ1) is 21.8. The summed E-state index contributed by atoms with van der Waals surface area (Å²) in [4.78, 5) is 2.74. The van der Waals surface area contributed by atoms with Gasteiger partial charge in [-0.25, -0.2) is 0 Å². The number of fused-ring (bicyclic) bond motifs is 6. The summed E-state index contributed by atoms with van der Waals surface area (Å²) in [6.07, 6.45) is 42.3. The van der Waals surface area contributed by atoms with Crippen LogP contribution in [-0.4, -0.2) is 18.1 Å². The van der Waals surface area contributed by atoms with Crippen molar-refractivity contribution in [3.05, 3.63) is 160 Å². The van der Waals surface area contributed by atoms with Gasteiger partial charge < -0.3 is 10.2 Å². The molecule has 0 fully saturated rings. The normalized spacial score (nSPS) is 31.3.